The van der Waals surface area contributed by atoms with Gasteiger partial charge in [-0.05, 0) is 109 Å². The van der Waals surface area contributed by atoms with Crippen molar-refractivity contribution in [2.75, 3.05) is 0 Å². The van der Waals surface area contributed by atoms with Gasteiger partial charge in [-0.25, -0.2) is 0 Å². The summed E-state index contributed by atoms with van der Waals surface area (Å²) in [4.78, 5) is 0. The van der Waals surface area contributed by atoms with Crippen LogP contribution >= 0.6 is 6.72 Å². The van der Waals surface area contributed by atoms with E-state index in [0.717, 1.165) is 17.1 Å². The fraction of sp³-hybridized carbons (Fsp3) is 0. The molecular formula is C36H27N6O3PS. The largest absolute Gasteiger partial charge is 0.490 e. The van der Waals surface area contributed by atoms with Gasteiger partial charge in [0.2, 0.25) is 0 Å². The van der Waals surface area contributed by atoms with Gasteiger partial charge in [-0.2, -0.15) is 30.7 Å². The van der Waals surface area contributed by atoms with Gasteiger partial charge in [-0.3, -0.25) is 0 Å². The number of rotatable bonds is 12. The molecule has 6 aromatic carbocycles. The second-order valence-electron chi connectivity index (χ2n) is 9.81. The lowest BCUT2D eigenvalue weighted by molar-refractivity contribution is 0.384. The van der Waals surface area contributed by atoms with Crippen LogP contribution in [0.4, 0.5) is 34.1 Å². The van der Waals surface area contributed by atoms with E-state index in [-0.39, 0.29) is 0 Å². The first kappa shape index (κ1) is 31.2. The SMILES string of the molecule is S=P(Oc1ccc(N=Nc2ccccc2)cc1)(Oc1ccc(N=Nc2ccccc2)cc1)Oc1ccc(N=Nc2ccccc2)cc1. The van der Waals surface area contributed by atoms with E-state index in [4.69, 9.17) is 25.4 Å². The van der Waals surface area contributed by atoms with Crippen LogP contribution in [0.2, 0.25) is 0 Å². The fourth-order valence-corrected chi connectivity index (χ4v) is 6.02. The minimum Gasteiger partial charge on any atom is -0.407 e. The average molecular weight is 655 g/mol. The zero-order valence-electron chi connectivity index (χ0n) is 24.9. The van der Waals surface area contributed by atoms with Crippen molar-refractivity contribution < 1.29 is 13.6 Å². The molecule has 47 heavy (non-hydrogen) atoms. The number of nitrogens with zero attached hydrogens (tertiary/aromatic N) is 6. The second kappa shape index (κ2) is 15.4. The molecule has 0 saturated heterocycles. The van der Waals surface area contributed by atoms with E-state index in [1.807, 2.05) is 91.0 Å². The molecule has 9 nitrogen and oxygen atoms in total. The summed E-state index contributed by atoms with van der Waals surface area (Å²) >= 11 is 5.91. The Morgan fingerprint density at radius 1 is 0.298 bits per heavy atom. The molecule has 0 atom stereocenters. The molecule has 230 valence electrons. The monoisotopic (exact) mass is 654 g/mol. The lowest BCUT2D eigenvalue weighted by atomic mass is 10.3. The van der Waals surface area contributed by atoms with E-state index in [2.05, 4.69) is 30.7 Å². The standard InChI is InChI=1S/C36H27N6O3PS/c47-46(43-34-22-16-31(17-23-34)40-37-28-10-4-1-5-11-28,44-35-24-18-32(19-25-35)41-38-29-12-6-2-7-13-29)45-36-26-20-33(21-27-36)42-39-30-14-8-3-9-15-30/h1-27H. The summed E-state index contributed by atoms with van der Waals surface area (Å²) in [7, 11) is 0. The Labute approximate surface area is 277 Å². The van der Waals surface area contributed by atoms with E-state index in [9.17, 15) is 0 Å². The van der Waals surface area contributed by atoms with Crippen molar-refractivity contribution in [1.29, 1.82) is 0 Å². The fourth-order valence-electron chi connectivity index (χ4n) is 3.99. The predicted octanol–water partition coefficient (Wildman–Crippen LogP) is 12.7. The van der Waals surface area contributed by atoms with Crippen molar-refractivity contribution in [2.45, 2.75) is 0 Å². The zero-order valence-corrected chi connectivity index (χ0v) is 26.6. The average Bonchev–Trinajstić information content (AvgIpc) is 3.12. The first-order valence-electron chi connectivity index (χ1n) is 14.5. The molecule has 0 aliphatic heterocycles. The van der Waals surface area contributed by atoms with Gasteiger partial charge in [0.25, 0.3) is 0 Å². The van der Waals surface area contributed by atoms with E-state index in [0.29, 0.717) is 34.3 Å². The lowest BCUT2D eigenvalue weighted by Crippen LogP contribution is -2.07. The molecule has 0 amide bonds. The van der Waals surface area contributed by atoms with Crippen molar-refractivity contribution in [1.82, 2.24) is 0 Å². The summed E-state index contributed by atoms with van der Waals surface area (Å²) in [6.07, 6.45) is 0. The van der Waals surface area contributed by atoms with Crippen LogP contribution in [0.25, 0.3) is 0 Å². The van der Waals surface area contributed by atoms with Gasteiger partial charge >= 0.3 is 6.72 Å². The van der Waals surface area contributed by atoms with Gasteiger partial charge < -0.3 is 13.6 Å². The molecule has 0 bridgehead atoms. The van der Waals surface area contributed by atoms with Crippen molar-refractivity contribution in [3.05, 3.63) is 164 Å². The minimum atomic E-state index is -3.45. The third kappa shape index (κ3) is 9.58. The lowest BCUT2D eigenvalue weighted by Gasteiger charge is -2.23. The quantitative estimate of drug-likeness (QED) is 0.0967. The maximum absolute atomic E-state index is 6.22. The van der Waals surface area contributed by atoms with E-state index >= 15 is 0 Å². The Morgan fingerprint density at radius 2 is 0.511 bits per heavy atom. The van der Waals surface area contributed by atoms with Crippen molar-refractivity contribution >= 4 is 52.6 Å². The van der Waals surface area contributed by atoms with E-state index in [1.54, 1.807) is 72.8 Å². The highest BCUT2D eigenvalue weighted by Crippen LogP contribution is 2.50. The molecule has 0 spiro atoms. The topological polar surface area (TPSA) is 102 Å². The van der Waals surface area contributed by atoms with Crippen molar-refractivity contribution in [3.8, 4) is 17.2 Å². The van der Waals surface area contributed by atoms with Gasteiger partial charge in [0.15, 0.2) is 0 Å². The third-order valence-corrected chi connectivity index (χ3v) is 8.25. The summed E-state index contributed by atoms with van der Waals surface area (Å²) in [6, 6.07) is 49.6. The van der Waals surface area contributed by atoms with Crippen LogP contribution in [0.1, 0.15) is 0 Å². The Bertz CT molecular complexity index is 1780. The van der Waals surface area contributed by atoms with Crippen LogP contribution in [0, 0.1) is 0 Å². The second-order valence-corrected chi connectivity index (χ2v) is 12.6. The Hall–Kier alpha value is -5.83. The molecular weight excluding hydrogens is 627 g/mol. The summed E-state index contributed by atoms with van der Waals surface area (Å²) in [5.41, 5.74) is 4.21. The summed E-state index contributed by atoms with van der Waals surface area (Å²) in [5.74, 6) is 1.36. The van der Waals surface area contributed by atoms with Crippen LogP contribution in [0.15, 0.2) is 194 Å². The molecule has 0 unspecified atom stereocenters. The van der Waals surface area contributed by atoms with Gasteiger partial charge in [-0.1, -0.05) is 54.6 Å². The highest BCUT2D eigenvalue weighted by Gasteiger charge is 2.27. The van der Waals surface area contributed by atoms with Gasteiger partial charge in [0.1, 0.15) is 17.2 Å². The highest BCUT2D eigenvalue weighted by molar-refractivity contribution is 8.08. The van der Waals surface area contributed by atoms with Gasteiger partial charge in [-0.15, -0.1) is 0 Å². The predicted molar refractivity (Wildman–Crippen MR) is 187 cm³/mol. The Morgan fingerprint density at radius 3 is 0.745 bits per heavy atom. The molecule has 11 heteroatoms. The summed E-state index contributed by atoms with van der Waals surface area (Å²) < 4.78 is 18.7. The van der Waals surface area contributed by atoms with E-state index < -0.39 is 6.72 Å². The van der Waals surface area contributed by atoms with Crippen LogP contribution in [-0.4, -0.2) is 0 Å². The first-order valence-corrected chi connectivity index (χ1v) is 17.0. The maximum Gasteiger partial charge on any atom is 0.490 e. The van der Waals surface area contributed by atoms with Crippen LogP contribution in [-0.2, 0) is 11.8 Å². The smallest absolute Gasteiger partial charge is 0.407 e. The Balaban J connectivity index is 1.19. The zero-order chi connectivity index (χ0) is 32.2. The number of hydrogen-bond acceptors (Lipinski definition) is 10. The Kier molecular flexibility index (Phi) is 10.2. The van der Waals surface area contributed by atoms with Gasteiger partial charge in [0, 0.05) is 11.8 Å². The molecule has 0 aromatic heterocycles. The molecule has 0 aliphatic carbocycles. The van der Waals surface area contributed by atoms with Crippen LogP contribution < -0.4 is 13.6 Å². The highest BCUT2D eigenvalue weighted by atomic mass is 32.5. The summed E-state index contributed by atoms with van der Waals surface area (Å²) in [5, 5.41) is 25.7. The summed E-state index contributed by atoms with van der Waals surface area (Å²) in [6.45, 7) is -3.45. The molecule has 0 N–H and O–H groups in total. The molecule has 0 aliphatic rings. The van der Waals surface area contributed by atoms with E-state index in [1.165, 1.54) is 0 Å². The number of azo groups is 3. The van der Waals surface area contributed by atoms with Crippen molar-refractivity contribution in [2.24, 2.45) is 30.7 Å². The molecule has 0 radical (unpaired) electrons. The van der Waals surface area contributed by atoms with Crippen LogP contribution in [0.5, 0.6) is 17.2 Å². The maximum atomic E-state index is 6.22. The number of hydrogen-bond donors (Lipinski definition) is 0. The van der Waals surface area contributed by atoms with Gasteiger partial charge in [0.05, 0.1) is 34.1 Å². The normalized spacial score (nSPS) is 12.7. The molecule has 6 aromatic rings. The first-order chi connectivity index (χ1) is 23.1. The molecule has 0 heterocycles. The van der Waals surface area contributed by atoms with Crippen molar-refractivity contribution in [3.63, 3.8) is 0 Å². The molecule has 0 fully saturated rings. The number of benzene rings is 6. The molecule has 0 saturated carbocycles. The third-order valence-electron chi connectivity index (χ3n) is 6.27. The minimum absolute atomic E-state index is 0.452. The molecule has 6 rings (SSSR count). The van der Waals surface area contributed by atoms with Crippen LogP contribution in [0.3, 0.4) is 0 Å².